The Bertz CT molecular complexity index is 613. The van der Waals surface area contributed by atoms with Crippen LogP contribution in [0, 0.1) is 16.0 Å². The predicted octanol–water partition coefficient (Wildman–Crippen LogP) is 4.63. The maximum atomic E-state index is 11.0. The van der Waals surface area contributed by atoms with Crippen molar-refractivity contribution < 1.29 is 4.92 Å². The average Bonchev–Trinajstić information content (AvgIpc) is 2.45. The number of hydrogen-bond acceptors (Lipinski definition) is 2. The molecule has 0 aliphatic carbocycles. The van der Waals surface area contributed by atoms with Crippen LogP contribution in [0.25, 0.3) is 17.2 Å². The van der Waals surface area contributed by atoms with Crippen molar-refractivity contribution >= 4 is 6.08 Å². The smallest absolute Gasteiger partial charge is 0.249 e. The molecule has 0 N–H and O–H groups in total. The zero-order chi connectivity index (χ0) is 14.5. The van der Waals surface area contributed by atoms with Gasteiger partial charge in [0.2, 0.25) is 5.70 Å². The van der Waals surface area contributed by atoms with Crippen molar-refractivity contribution in [3.8, 4) is 11.1 Å². The van der Waals surface area contributed by atoms with Gasteiger partial charge < -0.3 is 0 Å². The van der Waals surface area contributed by atoms with Crippen LogP contribution in [0.3, 0.4) is 0 Å². The van der Waals surface area contributed by atoms with Gasteiger partial charge in [-0.25, -0.2) is 0 Å². The Morgan fingerprint density at radius 3 is 2.05 bits per heavy atom. The van der Waals surface area contributed by atoms with Gasteiger partial charge in [-0.05, 0) is 16.7 Å². The molecule has 2 rings (SSSR count). The molecule has 0 aliphatic heterocycles. The SMILES string of the molecule is CC(C)/C(=C/c1ccc(-c2ccccc2)cc1)[N+](=O)[O-]. The Balaban J connectivity index is 2.29. The molecule has 20 heavy (non-hydrogen) atoms. The second-order valence-electron chi connectivity index (χ2n) is 4.97. The number of nitrogens with zero attached hydrogens (tertiary/aromatic N) is 1. The van der Waals surface area contributed by atoms with Crippen LogP contribution in [0.4, 0.5) is 0 Å². The maximum absolute atomic E-state index is 11.0. The summed E-state index contributed by atoms with van der Waals surface area (Å²) in [4.78, 5) is 10.7. The molecule has 0 fully saturated rings. The standard InChI is InChI=1S/C17H17NO2/c1-13(2)17(18(19)20)12-14-8-10-16(11-9-14)15-6-4-3-5-7-15/h3-13H,1-2H3/b17-12-. The monoisotopic (exact) mass is 267 g/mol. The van der Waals surface area contributed by atoms with Crippen LogP contribution in [0.5, 0.6) is 0 Å². The van der Waals surface area contributed by atoms with Crippen molar-refractivity contribution in [3.63, 3.8) is 0 Å². The van der Waals surface area contributed by atoms with Crippen molar-refractivity contribution in [2.45, 2.75) is 13.8 Å². The fourth-order valence-electron chi connectivity index (χ4n) is 2.00. The van der Waals surface area contributed by atoms with Gasteiger partial charge in [-0.3, -0.25) is 10.1 Å². The summed E-state index contributed by atoms with van der Waals surface area (Å²) < 4.78 is 0. The normalized spacial score (nSPS) is 11.7. The molecule has 0 aliphatic rings. The van der Waals surface area contributed by atoms with Crippen molar-refractivity contribution in [1.29, 1.82) is 0 Å². The van der Waals surface area contributed by atoms with Crippen LogP contribution in [-0.2, 0) is 0 Å². The molecule has 2 aromatic carbocycles. The number of benzene rings is 2. The molecular formula is C17H17NO2. The van der Waals surface area contributed by atoms with Gasteiger partial charge >= 0.3 is 0 Å². The Morgan fingerprint density at radius 1 is 1.00 bits per heavy atom. The molecule has 0 heterocycles. The number of rotatable bonds is 4. The molecule has 2 aromatic rings. The summed E-state index contributed by atoms with van der Waals surface area (Å²) in [7, 11) is 0. The lowest BCUT2D eigenvalue weighted by Crippen LogP contribution is -2.05. The predicted molar refractivity (Wildman–Crippen MR) is 81.7 cm³/mol. The highest BCUT2D eigenvalue weighted by atomic mass is 16.6. The molecule has 3 heteroatoms. The second-order valence-corrected chi connectivity index (χ2v) is 4.97. The summed E-state index contributed by atoms with van der Waals surface area (Å²) in [5.41, 5.74) is 3.33. The Labute approximate surface area is 118 Å². The molecule has 0 saturated heterocycles. The molecule has 0 bridgehead atoms. The third-order valence-corrected chi connectivity index (χ3v) is 3.13. The second kappa shape index (κ2) is 6.15. The Morgan fingerprint density at radius 2 is 1.55 bits per heavy atom. The number of hydrogen-bond donors (Lipinski definition) is 0. The van der Waals surface area contributed by atoms with E-state index >= 15 is 0 Å². The third kappa shape index (κ3) is 3.32. The summed E-state index contributed by atoms with van der Waals surface area (Å²) in [5.74, 6) is -0.0983. The summed E-state index contributed by atoms with van der Waals surface area (Å²) in [6, 6.07) is 17.8. The minimum atomic E-state index is -0.310. The minimum absolute atomic E-state index is 0.0983. The highest BCUT2D eigenvalue weighted by molar-refractivity contribution is 5.65. The van der Waals surface area contributed by atoms with Crippen LogP contribution >= 0.6 is 0 Å². The molecule has 0 atom stereocenters. The van der Waals surface area contributed by atoms with E-state index in [1.54, 1.807) is 6.08 Å². The first-order chi connectivity index (χ1) is 9.58. The van der Waals surface area contributed by atoms with E-state index in [0.29, 0.717) is 0 Å². The lowest BCUT2D eigenvalue weighted by molar-refractivity contribution is -0.431. The number of nitro groups is 1. The van der Waals surface area contributed by atoms with Crippen molar-refractivity contribution in [2.75, 3.05) is 0 Å². The van der Waals surface area contributed by atoms with Crippen LogP contribution in [0.1, 0.15) is 19.4 Å². The van der Waals surface area contributed by atoms with Gasteiger partial charge in [-0.2, -0.15) is 0 Å². The average molecular weight is 267 g/mol. The van der Waals surface area contributed by atoms with Gasteiger partial charge in [0.25, 0.3) is 0 Å². The van der Waals surface area contributed by atoms with Crippen LogP contribution < -0.4 is 0 Å². The number of allylic oxidation sites excluding steroid dienone is 1. The molecular weight excluding hydrogens is 250 g/mol. The highest BCUT2D eigenvalue weighted by Crippen LogP contribution is 2.21. The Kier molecular flexibility index (Phi) is 4.31. The molecule has 0 amide bonds. The fourth-order valence-corrected chi connectivity index (χ4v) is 2.00. The molecule has 0 aromatic heterocycles. The molecule has 0 spiro atoms. The van der Waals surface area contributed by atoms with Crippen LogP contribution in [0.2, 0.25) is 0 Å². The van der Waals surface area contributed by atoms with E-state index in [-0.39, 0.29) is 16.5 Å². The van der Waals surface area contributed by atoms with Crippen molar-refractivity contribution in [3.05, 3.63) is 76.0 Å². The minimum Gasteiger partial charge on any atom is -0.259 e. The summed E-state index contributed by atoms with van der Waals surface area (Å²) in [6.45, 7) is 3.65. The van der Waals surface area contributed by atoms with Gasteiger partial charge in [0, 0.05) is 12.0 Å². The quantitative estimate of drug-likeness (QED) is 0.599. The lowest BCUT2D eigenvalue weighted by Gasteiger charge is -2.04. The highest BCUT2D eigenvalue weighted by Gasteiger charge is 2.15. The van der Waals surface area contributed by atoms with E-state index < -0.39 is 0 Å². The van der Waals surface area contributed by atoms with Gasteiger partial charge in [0.05, 0.1) is 4.92 Å². The summed E-state index contributed by atoms with van der Waals surface area (Å²) in [6.07, 6.45) is 1.64. The summed E-state index contributed by atoms with van der Waals surface area (Å²) in [5, 5.41) is 11.0. The van der Waals surface area contributed by atoms with E-state index in [4.69, 9.17) is 0 Å². The van der Waals surface area contributed by atoms with Crippen LogP contribution in [0.15, 0.2) is 60.3 Å². The lowest BCUT2D eigenvalue weighted by atomic mass is 10.0. The Hall–Kier alpha value is -2.42. The van der Waals surface area contributed by atoms with Gasteiger partial charge in [0.15, 0.2) is 0 Å². The topological polar surface area (TPSA) is 43.1 Å². The molecule has 0 unspecified atom stereocenters. The zero-order valence-electron chi connectivity index (χ0n) is 11.6. The first-order valence-electron chi connectivity index (χ1n) is 6.59. The van der Waals surface area contributed by atoms with Crippen LogP contribution in [-0.4, -0.2) is 4.92 Å². The van der Waals surface area contributed by atoms with E-state index in [1.165, 1.54) is 0 Å². The van der Waals surface area contributed by atoms with E-state index in [0.717, 1.165) is 16.7 Å². The van der Waals surface area contributed by atoms with E-state index in [9.17, 15) is 10.1 Å². The first kappa shape index (κ1) is 14.0. The largest absolute Gasteiger partial charge is 0.259 e. The fraction of sp³-hybridized carbons (Fsp3) is 0.176. The van der Waals surface area contributed by atoms with Gasteiger partial charge in [-0.1, -0.05) is 68.4 Å². The maximum Gasteiger partial charge on any atom is 0.249 e. The van der Waals surface area contributed by atoms with Crippen molar-refractivity contribution in [1.82, 2.24) is 0 Å². The molecule has 3 nitrogen and oxygen atoms in total. The van der Waals surface area contributed by atoms with E-state index in [2.05, 4.69) is 0 Å². The molecule has 0 radical (unpaired) electrons. The first-order valence-corrected chi connectivity index (χ1v) is 6.59. The third-order valence-electron chi connectivity index (χ3n) is 3.13. The van der Waals surface area contributed by atoms with Gasteiger partial charge in [0.1, 0.15) is 0 Å². The zero-order valence-corrected chi connectivity index (χ0v) is 11.6. The van der Waals surface area contributed by atoms with E-state index in [1.807, 2.05) is 68.4 Å². The van der Waals surface area contributed by atoms with Gasteiger partial charge in [-0.15, -0.1) is 0 Å². The van der Waals surface area contributed by atoms with Crippen molar-refractivity contribution in [2.24, 2.45) is 5.92 Å². The molecule has 0 saturated carbocycles. The summed E-state index contributed by atoms with van der Waals surface area (Å²) >= 11 is 0. The molecule has 102 valence electrons.